The van der Waals surface area contributed by atoms with Crippen molar-refractivity contribution < 1.29 is 17.8 Å². The molecule has 1 aromatic carbocycles. The lowest BCUT2D eigenvalue weighted by Gasteiger charge is -2.07. The van der Waals surface area contributed by atoms with E-state index in [1.54, 1.807) is 17.5 Å². The van der Waals surface area contributed by atoms with Crippen molar-refractivity contribution >= 4 is 38.9 Å². The molecule has 2 aromatic heterocycles. The van der Waals surface area contributed by atoms with Crippen LogP contribution in [0.4, 0.5) is 19.5 Å². The molecule has 0 fully saturated rings. The first-order valence-corrected chi connectivity index (χ1v) is 10.2. The second kappa shape index (κ2) is 8.36. The zero-order valence-electron chi connectivity index (χ0n) is 14.2. The van der Waals surface area contributed by atoms with Gasteiger partial charge in [-0.05, 0) is 47.0 Å². The van der Waals surface area contributed by atoms with Gasteiger partial charge in [0.1, 0.15) is 16.8 Å². The van der Waals surface area contributed by atoms with Crippen LogP contribution in [0, 0.1) is 11.8 Å². The Hall–Kier alpha value is -2.65. The molecule has 9 heteroatoms. The van der Waals surface area contributed by atoms with Crippen LogP contribution in [-0.2, 0) is 22.2 Å². The average Bonchev–Trinajstić information content (AvgIpc) is 3.06. The Balaban J connectivity index is 1.69. The lowest BCUT2D eigenvalue weighted by Crippen LogP contribution is -2.14. The van der Waals surface area contributed by atoms with Gasteiger partial charge in [0.2, 0.25) is 11.9 Å². The smallest absolute Gasteiger partial charge is 0.229 e. The van der Waals surface area contributed by atoms with Crippen molar-refractivity contribution in [2.24, 2.45) is 0 Å². The van der Waals surface area contributed by atoms with Gasteiger partial charge in [-0.25, -0.2) is 13.6 Å². The van der Waals surface area contributed by atoms with Gasteiger partial charge in [0, 0.05) is 29.6 Å². The van der Waals surface area contributed by atoms with E-state index in [-0.39, 0.29) is 12.0 Å². The summed E-state index contributed by atoms with van der Waals surface area (Å²) in [7, 11) is -1.30. The fourth-order valence-electron chi connectivity index (χ4n) is 2.43. The summed E-state index contributed by atoms with van der Waals surface area (Å²) in [5.41, 5.74) is 2.06. The molecule has 3 rings (SSSR count). The number of pyridine rings is 1. The molecule has 1 atom stereocenters. The van der Waals surface area contributed by atoms with Gasteiger partial charge in [-0.1, -0.05) is 0 Å². The molecule has 3 aromatic rings. The number of benzene rings is 1. The predicted octanol–water partition coefficient (Wildman–Crippen LogP) is 3.97. The van der Waals surface area contributed by atoms with Crippen LogP contribution in [0.15, 0.2) is 48.0 Å². The van der Waals surface area contributed by atoms with Gasteiger partial charge < -0.3 is 10.0 Å². The number of aromatic nitrogens is 1. The minimum atomic E-state index is -1.30. The van der Waals surface area contributed by atoms with Crippen LogP contribution in [0.5, 0.6) is 0 Å². The van der Waals surface area contributed by atoms with Crippen LogP contribution in [0.3, 0.4) is 0 Å². The highest BCUT2D eigenvalue weighted by molar-refractivity contribution is 7.85. The zero-order chi connectivity index (χ0) is 19.4. The molecule has 0 saturated carbocycles. The fraction of sp³-hybridized carbons (Fsp3) is 0.111. The van der Waals surface area contributed by atoms with Crippen LogP contribution in [0.1, 0.15) is 5.56 Å². The van der Waals surface area contributed by atoms with E-state index in [0.29, 0.717) is 16.3 Å². The highest BCUT2D eigenvalue weighted by atomic mass is 32.2. The molecular weight excluding hydrogens is 392 g/mol. The van der Waals surface area contributed by atoms with Crippen LogP contribution in [-0.4, -0.2) is 21.4 Å². The Morgan fingerprint density at radius 3 is 2.74 bits per heavy atom. The molecule has 1 amide bonds. The van der Waals surface area contributed by atoms with Crippen molar-refractivity contribution in [3.63, 3.8) is 0 Å². The second-order valence-corrected chi connectivity index (χ2v) is 7.68. The molecule has 2 heterocycles. The highest BCUT2D eigenvalue weighted by Gasteiger charge is 2.12. The van der Waals surface area contributed by atoms with E-state index in [4.69, 9.17) is 0 Å². The summed E-state index contributed by atoms with van der Waals surface area (Å²) >= 11 is 1.28. The first kappa shape index (κ1) is 19.1. The quantitative estimate of drug-likeness (QED) is 0.608. The van der Waals surface area contributed by atoms with Crippen LogP contribution in [0.25, 0.3) is 11.1 Å². The molecule has 5 nitrogen and oxygen atoms in total. The van der Waals surface area contributed by atoms with Gasteiger partial charge in [-0.2, -0.15) is 4.39 Å². The van der Waals surface area contributed by atoms with E-state index in [0.717, 1.165) is 5.56 Å². The Kier molecular flexibility index (Phi) is 5.92. The Labute approximate surface area is 161 Å². The molecule has 1 unspecified atom stereocenters. The molecule has 27 heavy (non-hydrogen) atoms. The number of anilines is 2. The molecule has 0 aliphatic rings. The van der Waals surface area contributed by atoms with Gasteiger partial charge in [-0.15, -0.1) is 11.3 Å². The van der Waals surface area contributed by atoms with Crippen LogP contribution < -0.4 is 10.0 Å². The third-order valence-corrected chi connectivity index (χ3v) is 4.95. The van der Waals surface area contributed by atoms with Crippen molar-refractivity contribution in [2.75, 3.05) is 16.3 Å². The minimum Gasteiger partial charge on any atom is -0.317 e. The largest absolute Gasteiger partial charge is 0.317 e. The number of halogens is 2. The molecular formula is C18H15F2N3O2S2. The maximum absolute atomic E-state index is 13.9. The van der Waals surface area contributed by atoms with Crippen molar-refractivity contribution in [3.8, 4) is 11.1 Å². The second-order valence-electron chi connectivity index (χ2n) is 5.65. The van der Waals surface area contributed by atoms with Gasteiger partial charge in [0.05, 0.1) is 11.4 Å². The lowest BCUT2D eigenvalue weighted by molar-refractivity contribution is -0.115. The van der Waals surface area contributed by atoms with Gasteiger partial charge in [0.25, 0.3) is 0 Å². The maximum Gasteiger partial charge on any atom is 0.229 e. The molecule has 2 N–H and O–H groups in total. The first-order chi connectivity index (χ1) is 12.9. The molecule has 0 radical (unpaired) electrons. The Bertz CT molecular complexity index is 1010. The molecule has 0 aliphatic carbocycles. The normalized spacial score (nSPS) is 11.8. The number of thiophene rings is 1. The summed E-state index contributed by atoms with van der Waals surface area (Å²) in [6.45, 7) is 0. The molecule has 140 valence electrons. The standard InChI is InChI=1S/C18H15F2N3O2S2/c1-27(25)23-14-2-3-15(19)12(6-14)8-17(24)22-18-9-13(10-26-18)11-4-5-21-16(20)7-11/h2-7,9-10,23H,8H2,1H3,(H,22,24). The molecule has 0 aliphatic heterocycles. The van der Waals surface area contributed by atoms with Gasteiger partial charge >= 0.3 is 0 Å². The third-order valence-electron chi connectivity index (χ3n) is 3.58. The summed E-state index contributed by atoms with van der Waals surface area (Å²) in [6, 6.07) is 8.82. The van der Waals surface area contributed by atoms with E-state index in [2.05, 4.69) is 15.0 Å². The predicted molar refractivity (Wildman–Crippen MR) is 104 cm³/mol. The van der Waals surface area contributed by atoms with Crippen molar-refractivity contribution in [1.82, 2.24) is 4.98 Å². The number of amides is 1. The number of nitrogens with zero attached hydrogens (tertiary/aromatic N) is 1. The number of rotatable bonds is 6. The number of carbonyl (C=O) groups excluding carboxylic acids is 1. The number of carbonyl (C=O) groups is 1. The summed E-state index contributed by atoms with van der Waals surface area (Å²) in [5.74, 6) is -1.49. The summed E-state index contributed by atoms with van der Waals surface area (Å²) in [5, 5.41) is 5.06. The van der Waals surface area contributed by atoms with E-state index >= 15 is 0 Å². The SMILES string of the molecule is CS(=O)Nc1ccc(F)c(CC(=O)Nc2cc(-c3ccnc(F)c3)cs2)c1. The zero-order valence-corrected chi connectivity index (χ0v) is 15.8. The Morgan fingerprint density at radius 2 is 2.00 bits per heavy atom. The monoisotopic (exact) mass is 407 g/mol. The molecule has 0 saturated heterocycles. The van der Waals surface area contributed by atoms with E-state index < -0.39 is 28.7 Å². The minimum absolute atomic E-state index is 0.172. The maximum atomic E-state index is 13.9. The summed E-state index contributed by atoms with van der Waals surface area (Å²) in [6.07, 6.45) is 2.65. The van der Waals surface area contributed by atoms with Crippen molar-refractivity contribution in [3.05, 3.63) is 65.3 Å². The summed E-state index contributed by atoms with van der Waals surface area (Å²) in [4.78, 5) is 15.8. The lowest BCUT2D eigenvalue weighted by atomic mass is 10.1. The van der Waals surface area contributed by atoms with E-state index in [1.165, 1.54) is 48.1 Å². The summed E-state index contributed by atoms with van der Waals surface area (Å²) < 4.78 is 41.0. The third kappa shape index (κ3) is 5.18. The number of hydrogen-bond acceptors (Lipinski definition) is 4. The van der Waals surface area contributed by atoms with Gasteiger partial charge in [-0.3, -0.25) is 4.79 Å². The van der Waals surface area contributed by atoms with Crippen molar-refractivity contribution in [2.45, 2.75) is 6.42 Å². The Morgan fingerprint density at radius 1 is 1.19 bits per heavy atom. The van der Waals surface area contributed by atoms with Crippen molar-refractivity contribution in [1.29, 1.82) is 0 Å². The molecule has 0 bridgehead atoms. The van der Waals surface area contributed by atoms with Crippen LogP contribution >= 0.6 is 11.3 Å². The first-order valence-electron chi connectivity index (χ1n) is 7.79. The van der Waals surface area contributed by atoms with Gasteiger partial charge in [0.15, 0.2) is 0 Å². The van der Waals surface area contributed by atoms with E-state index in [1.807, 2.05) is 0 Å². The molecule has 0 spiro atoms. The van der Waals surface area contributed by atoms with E-state index in [9.17, 15) is 17.8 Å². The number of hydrogen-bond donors (Lipinski definition) is 2. The highest BCUT2D eigenvalue weighted by Crippen LogP contribution is 2.29. The number of nitrogens with one attached hydrogen (secondary N) is 2. The van der Waals surface area contributed by atoms with Crippen LogP contribution in [0.2, 0.25) is 0 Å². The average molecular weight is 407 g/mol. The topological polar surface area (TPSA) is 71.1 Å². The fourth-order valence-corrected chi connectivity index (χ4v) is 3.71.